The third kappa shape index (κ3) is 2.42. The normalized spacial score (nSPS) is 24.7. The Hall–Kier alpha value is -1.89. The Morgan fingerprint density at radius 2 is 2.10 bits per heavy atom. The summed E-state index contributed by atoms with van der Waals surface area (Å²) < 4.78 is 38.2. The van der Waals surface area contributed by atoms with Gasteiger partial charge < -0.3 is 4.90 Å². The van der Waals surface area contributed by atoms with Crippen molar-refractivity contribution < 1.29 is 13.2 Å². The molecule has 2 atom stereocenters. The molecule has 0 saturated heterocycles. The van der Waals surface area contributed by atoms with E-state index in [0.717, 1.165) is 12.3 Å². The van der Waals surface area contributed by atoms with E-state index >= 15 is 0 Å². The van der Waals surface area contributed by atoms with Crippen LogP contribution in [0.2, 0.25) is 5.02 Å². The molecule has 1 aromatic heterocycles. The van der Waals surface area contributed by atoms with Gasteiger partial charge in [-0.15, -0.1) is 0 Å². The highest BCUT2D eigenvalue weighted by Gasteiger charge is 2.40. The smallest absolute Gasteiger partial charge is 0.335 e. The lowest BCUT2D eigenvalue weighted by atomic mass is 10.1. The fourth-order valence-electron chi connectivity index (χ4n) is 2.33. The van der Waals surface area contributed by atoms with Crippen LogP contribution in [0.15, 0.2) is 40.1 Å². The van der Waals surface area contributed by atoms with Gasteiger partial charge in [-0.05, 0) is 12.1 Å². The average molecular weight is 315 g/mol. The molecule has 2 aliphatic heterocycles. The van der Waals surface area contributed by atoms with Crippen molar-refractivity contribution in [3.05, 3.63) is 40.7 Å². The summed E-state index contributed by atoms with van der Waals surface area (Å²) in [6, 6.07) is 1.00. The summed E-state index contributed by atoms with van der Waals surface area (Å²) in [5, 5.41) is 0.394. The fraction of sp³-hybridized carbons (Fsp3) is 0.308. The number of rotatable bonds is 1. The summed E-state index contributed by atoms with van der Waals surface area (Å²) in [6.07, 6.45) is 0.0745. The molecule has 2 unspecified atom stereocenters. The van der Waals surface area contributed by atoms with Crippen molar-refractivity contribution in [1.82, 2.24) is 9.88 Å². The molecule has 0 aromatic carbocycles. The lowest BCUT2D eigenvalue weighted by Crippen LogP contribution is -2.37. The number of aliphatic imine (C=N–C) groups is 2. The van der Waals surface area contributed by atoms with Gasteiger partial charge in [0.2, 0.25) is 0 Å². The summed E-state index contributed by atoms with van der Waals surface area (Å²) in [4.78, 5) is 13.9. The van der Waals surface area contributed by atoms with Crippen molar-refractivity contribution in [2.75, 3.05) is 7.05 Å². The van der Waals surface area contributed by atoms with Crippen LogP contribution in [-0.2, 0) is 0 Å². The number of aromatic nitrogens is 1. The zero-order chi connectivity index (χ0) is 15.2. The number of amidine groups is 1. The van der Waals surface area contributed by atoms with E-state index in [2.05, 4.69) is 15.0 Å². The SMILES string of the molecule is CN1C(c2ccncc2Cl)=NC2C=C(C(F)(F)F)C=NC21. The molecule has 110 valence electrons. The molecule has 0 fully saturated rings. The minimum atomic E-state index is -4.42. The van der Waals surface area contributed by atoms with E-state index in [9.17, 15) is 13.2 Å². The number of pyridine rings is 1. The van der Waals surface area contributed by atoms with Crippen LogP contribution in [0.25, 0.3) is 0 Å². The average Bonchev–Trinajstić information content (AvgIpc) is 2.75. The second-order valence-electron chi connectivity index (χ2n) is 4.72. The number of dihydropyridines is 1. The number of likely N-dealkylation sites (N-methyl/N-ethyl adjacent to an activating group) is 1. The van der Waals surface area contributed by atoms with Crippen molar-refractivity contribution in [2.24, 2.45) is 9.98 Å². The molecule has 0 saturated carbocycles. The summed E-state index contributed by atoms with van der Waals surface area (Å²) in [6.45, 7) is 0. The molecule has 0 radical (unpaired) electrons. The van der Waals surface area contributed by atoms with Crippen LogP contribution in [0.3, 0.4) is 0 Å². The van der Waals surface area contributed by atoms with E-state index < -0.39 is 24.0 Å². The van der Waals surface area contributed by atoms with Crippen LogP contribution in [0.5, 0.6) is 0 Å². The molecular formula is C13H10ClF3N4. The van der Waals surface area contributed by atoms with Crippen LogP contribution in [0, 0.1) is 0 Å². The first-order valence-electron chi connectivity index (χ1n) is 6.10. The monoisotopic (exact) mass is 314 g/mol. The molecule has 3 heterocycles. The van der Waals surface area contributed by atoms with Crippen LogP contribution in [0.4, 0.5) is 13.2 Å². The van der Waals surface area contributed by atoms with Crippen LogP contribution in [0.1, 0.15) is 5.56 Å². The Labute approximate surface area is 123 Å². The van der Waals surface area contributed by atoms with E-state index in [1.807, 2.05) is 0 Å². The van der Waals surface area contributed by atoms with Gasteiger partial charge in [0.25, 0.3) is 0 Å². The third-order valence-corrected chi connectivity index (χ3v) is 3.67. The molecule has 1 aromatic rings. The van der Waals surface area contributed by atoms with Crippen LogP contribution < -0.4 is 0 Å². The van der Waals surface area contributed by atoms with E-state index in [1.165, 1.54) is 6.20 Å². The predicted octanol–water partition coefficient (Wildman–Crippen LogP) is 2.69. The summed E-state index contributed by atoms with van der Waals surface area (Å²) in [7, 11) is 1.73. The molecule has 0 N–H and O–H groups in total. The molecule has 2 aliphatic rings. The predicted molar refractivity (Wildman–Crippen MR) is 73.8 cm³/mol. The van der Waals surface area contributed by atoms with Crippen molar-refractivity contribution in [2.45, 2.75) is 18.4 Å². The third-order valence-electron chi connectivity index (χ3n) is 3.37. The van der Waals surface area contributed by atoms with Crippen molar-refractivity contribution in [3.8, 4) is 0 Å². The van der Waals surface area contributed by atoms with Gasteiger partial charge in [0.05, 0.1) is 10.6 Å². The zero-order valence-corrected chi connectivity index (χ0v) is 11.6. The number of hydrogen-bond acceptors (Lipinski definition) is 4. The maximum absolute atomic E-state index is 12.7. The minimum absolute atomic E-state index is 0.394. The highest BCUT2D eigenvalue weighted by Crippen LogP contribution is 2.32. The highest BCUT2D eigenvalue weighted by atomic mass is 35.5. The molecule has 8 heteroatoms. The molecule has 4 nitrogen and oxygen atoms in total. The van der Waals surface area contributed by atoms with Gasteiger partial charge in [0, 0.05) is 31.2 Å². The molecular weight excluding hydrogens is 305 g/mol. The Balaban J connectivity index is 1.99. The maximum Gasteiger partial charge on any atom is 0.417 e. The van der Waals surface area contributed by atoms with Gasteiger partial charge >= 0.3 is 6.18 Å². The molecule has 0 spiro atoms. The Morgan fingerprint density at radius 1 is 1.33 bits per heavy atom. The standard InChI is InChI=1S/C13H10ClF3N4/c1-21-11(8-2-3-18-6-9(8)14)20-10-4-7(13(15,16)17)5-19-12(10)21/h2-6,10,12H,1H3. The Morgan fingerprint density at radius 3 is 2.76 bits per heavy atom. The minimum Gasteiger partial charge on any atom is -0.335 e. The number of halogens is 4. The second-order valence-corrected chi connectivity index (χ2v) is 5.13. The molecule has 0 bridgehead atoms. The van der Waals surface area contributed by atoms with Crippen molar-refractivity contribution >= 4 is 23.7 Å². The molecule has 3 rings (SSSR count). The van der Waals surface area contributed by atoms with Gasteiger partial charge in [-0.2, -0.15) is 13.2 Å². The van der Waals surface area contributed by atoms with E-state index in [4.69, 9.17) is 11.6 Å². The van der Waals surface area contributed by atoms with Crippen molar-refractivity contribution in [1.29, 1.82) is 0 Å². The van der Waals surface area contributed by atoms with Crippen molar-refractivity contribution in [3.63, 3.8) is 0 Å². The molecule has 0 aliphatic carbocycles. The molecule has 0 amide bonds. The number of alkyl halides is 3. The summed E-state index contributed by atoms with van der Waals surface area (Å²) in [5.41, 5.74) is -0.149. The van der Waals surface area contributed by atoms with Gasteiger partial charge in [0.1, 0.15) is 18.0 Å². The second kappa shape index (κ2) is 4.84. The van der Waals surface area contributed by atoms with Gasteiger partial charge in [-0.1, -0.05) is 11.6 Å². The fourth-order valence-corrected chi connectivity index (χ4v) is 2.54. The summed E-state index contributed by atoms with van der Waals surface area (Å²) in [5.74, 6) is 0.509. The number of hydrogen-bond donors (Lipinski definition) is 0. The lowest BCUT2D eigenvalue weighted by Gasteiger charge is -2.25. The Kier molecular flexibility index (Phi) is 3.24. The van der Waals surface area contributed by atoms with Gasteiger partial charge in [-0.25, -0.2) is 0 Å². The number of fused-ring (bicyclic) bond motifs is 1. The largest absolute Gasteiger partial charge is 0.417 e. The zero-order valence-electron chi connectivity index (χ0n) is 10.8. The van der Waals surface area contributed by atoms with Crippen LogP contribution in [-0.4, -0.2) is 47.4 Å². The summed E-state index contributed by atoms with van der Waals surface area (Å²) >= 11 is 6.06. The lowest BCUT2D eigenvalue weighted by molar-refractivity contribution is -0.0862. The first-order valence-corrected chi connectivity index (χ1v) is 6.48. The first-order chi connectivity index (χ1) is 9.88. The Bertz CT molecular complexity index is 666. The highest BCUT2D eigenvalue weighted by molar-refractivity contribution is 6.34. The van der Waals surface area contributed by atoms with E-state index in [-0.39, 0.29) is 0 Å². The first kappa shape index (κ1) is 14.1. The number of allylic oxidation sites excluding steroid dienone is 1. The van der Waals surface area contributed by atoms with Crippen LogP contribution >= 0.6 is 11.6 Å². The van der Waals surface area contributed by atoms with Gasteiger partial charge in [-0.3, -0.25) is 15.0 Å². The van der Waals surface area contributed by atoms with Gasteiger partial charge in [0.15, 0.2) is 0 Å². The number of nitrogens with zero attached hydrogens (tertiary/aromatic N) is 4. The molecule has 21 heavy (non-hydrogen) atoms. The van der Waals surface area contributed by atoms with E-state index in [1.54, 1.807) is 24.2 Å². The maximum atomic E-state index is 12.7. The topological polar surface area (TPSA) is 40.9 Å². The van der Waals surface area contributed by atoms with E-state index in [0.29, 0.717) is 16.4 Å². The quantitative estimate of drug-likeness (QED) is 0.799.